The van der Waals surface area contributed by atoms with Gasteiger partial charge < -0.3 is 10.2 Å². The highest BCUT2D eigenvalue weighted by atomic mass is 16.2. The first-order valence-corrected chi connectivity index (χ1v) is 9.67. The van der Waals surface area contributed by atoms with E-state index in [1.165, 1.54) is 0 Å². The highest BCUT2D eigenvalue weighted by Crippen LogP contribution is 2.34. The summed E-state index contributed by atoms with van der Waals surface area (Å²) in [6.45, 7) is 6.23. The van der Waals surface area contributed by atoms with Crippen LogP contribution in [0.1, 0.15) is 55.7 Å². The highest BCUT2D eigenvalue weighted by molar-refractivity contribution is 5.94. The maximum absolute atomic E-state index is 13.2. The van der Waals surface area contributed by atoms with Crippen molar-refractivity contribution in [1.29, 1.82) is 0 Å². The fraction of sp³-hybridized carbons (Fsp3) is 0.550. The van der Waals surface area contributed by atoms with Gasteiger partial charge in [-0.25, -0.2) is 9.97 Å². The van der Waals surface area contributed by atoms with Crippen LogP contribution in [0.3, 0.4) is 0 Å². The van der Waals surface area contributed by atoms with Crippen molar-refractivity contribution >= 4 is 5.91 Å². The Hall–Kier alpha value is -2.21. The topological polar surface area (TPSA) is 63.1 Å². The number of carbonyl (C=O) groups is 1. The van der Waals surface area contributed by atoms with Crippen molar-refractivity contribution in [2.24, 2.45) is 0 Å². The van der Waals surface area contributed by atoms with Crippen molar-refractivity contribution in [3.8, 4) is 5.82 Å². The molecule has 0 saturated carbocycles. The standard InChI is InChI=1S/C20H27N5O/c1-3-17-21-11-13-25(17)18-8-7-15(14-22-18)19(26)24-12-5-9-20(2)16(24)6-4-10-23-20/h7-8,11,13-14,16,23H,3-6,9-10,12H2,1-2H3/t16-,20+/m1/s1. The lowest BCUT2D eigenvalue weighted by molar-refractivity contribution is 0.0253. The number of aromatic nitrogens is 3. The van der Waals surface area contributed by atoms with Gasteiger partial charge in [-0.15, -0.1) is 0 Å². The maximum Gasteiger partial charge on any atom is 0.255 e. The zero-order valence-electron chi connectivity index (χ0n) is 15.6. The minimum Gasteiger partial charge on any atom is -0.334 e. The molecule has 1 amide bonds. The van der Waals surface area contributed by atoms with E-state index in [0.717, 1.165) is 56.8 Å². The van der Waals surface area contributed by atoms with Gasteiger partial charge in [0.2, 0.25) is 0 Å². The molecule has 2 aliphatic rings. The quantitative estimate of drug-likeness (QED) is 0.921. The molecular weight excluding hydrogens is 326 g/mol. The molecule has 0 spiro atoms. The lowest BCUT2D eigenvalue weighted by atomic mass is 9.77. The number of fused-ring (bicyclic) bond motifs is 1. The smallest absolute Gasteiger partial charge is 0.255 e. The first kappa shape index (κ1) is 17.2. The largest absolute Gasteiger partial charge is 0.334 e. The molecule has 0 aliphatic carbocycles. The molecule has 0 unspecified atom stereocenters. The van der Waals surface area contributed by atoms with Crippen LogP contribution in [0.15, 0.2) is 30.7 Å². The van der Waals surface area contributed by atoms with Crippen LogP contribution < -0.4 is 5.32 Å². The van der Waals surface area contributed by atoms with Crippen molar-refractivity contribution < 1.29 is 4.79 Å². The fourth-order valence-electron chi connectivity index (χ4n) is 4.50. The van der Waals surface area contributed by atoms with E-state index >= 15 is 0 Å². The van der Waals surface area contributed by atoms with Crippen molar-refractivity contribution in [3.63, 3.8) is 0 Å². The molecule has 4 heterocycles. The van der Waals surface area contributed by atoms with Crippen LogP contribution in [0, 0.1) is 0 Å². The van der Waals surface area contributed by atoms with Gasteiger partial charge in [-0.05, 0) is 51.3 Å². The summed E-state index contributed by atoms with van der Waals surface area (Å²) in [5.41, 5.74) is 0.716. The molecule has 26 heavy (non-hydrogen) atoms. The van der Waals surface area contributed by atoms with Crippen molar-refractivity contribution in [1.82, 2.24) is 24.8 Å². The summed E-state index contributed by atoms with van der Waals surface area (Å²) in [4.78, 5) is 24.1. The summed E-state index contributed by atoms with van der Waals surface area (Å²) in [6.07, 6.45) is 10.6. The minimum atomic E-state index is 0.0480. The molecule has 6 nitrogen and oxygen atoms in total. The molecule has 2 fully saturated rings. The second-order valence-corrected chi connectivity index (χ2v) is 7.58. The predicted molar refractivity (Wildman–Crippen MR) is 100 cm³/mol. The number of nitrogens with one attached hydrogen (secondary N) is 1. The molecule has 0 bridgehead atoms. The number of imidazole rings is 1. The first-order chi connectivity index (χ1) is 12.6. The van der Waals surface area contributed by atoms with Crippen LogP contribution >= 0.6 is 0 Å². The zero-order valence-corrected chi connectivity index (χ0v) is 15.6. The van der Waals surface area contributed by atoms with Crippen molar-refractivity contribution in [2.45, 2.75) is 57.5 Å². The summed E-state index contributed by atoms with van der Waals surface area (Å²) in [5.74, 6) is 1.88. The summed E-state index contributed by atoms with van der Waals surface area (Å²) in [7, 11) is 0. The van der Waals surface area contributed by atoms with Gasteiger partial charge in [0.1, 0.15) is 11.6 Å². The Morgan fingerprint density at radius 3 is 3.00 bits per heavy atom. The third-order valence-electron chi connectivity index (χ3n) is 5.93. The number of amides is 1. The number of aryl methyl sites for hydroxylation is 1. The number of carbonyl (C=O) groups excluding carboxylic acids is 1. The Morgan fingerprint density at radius 2 is 2.23 bits per heavy atom. The van der Waals surface area contributed by atoms with Gasteiger partial charge in [-0.1, -0.05) is 6.92 Å². The Morgan fingerprint density at radius 1 is 1.35 bits per heavy atom. The molecule has 2 saturated heterocycles. The SMILES string of the molecule is CCc1nccn1-c1ccc(C(=O)N2CCC[C@]3(C)NCCC[C@@H]23)cn1. The highest BCUT2D eigenvalue weighted by Gasteiger charge is 2.44. The molecule has 138 valence electrons. The van der Waals surface area contributed by atoms with Crippen LogP contribution in [0.4, 0.5) is 0 Å². The first-order valence-electron chi connectivity index (χ1n) is 9.67. The van der Waals surface area contributed by atoms with Gasteiger partial charge in [0.25, 0.3) is 5.91 Å². The summed E-state index contributed by atoms with van der Waals surface area (Å²) in [5, 5.41) is 3.65. The van der Waals surface area contributed by atoms with E-state index in [0.29, 0.717) is 5.56 Å². The van der Waals surface area contributed by atoms with Crippen LogP contribution in [-0.2, 0) is 6.42 Å². The van der Waals surface area contributed by atoms with E-state index in [2.05, 4.69) is 34.0 Å². The number of hydrogen-bond donors (Lipinski definition) is 1. The molecule has 4 rings (SSSR count). The van der Waals surface area contributed by atoms with Gasteiger partial charge in [-0.2, -0.15) is 0 Å². The number of hydrogen-bond acceptors (Lipinski definition) is 4. The average molecular weight is 353 g/mol. The second kappa shape index (κ2) is 6.83. The molecular formula is C20H27N5O. The summed E-state index contributed by atoms with van der Waals surface area (Å²) in [6, 6.07) is 4.08. The predicted octanol–water partition coefficient (Wildman–Crippen LogP) is 2.58. The van der Waals surface area contributed by atoms with E-state index in [1.807, 2.05) is 22.9 Å². The van der Waals surface area contributed by atoms with Crippen molar-refractivity contribution in [2.75, 3.05) is 13.1 Å². The Kier molecular flexibility index (Phi) is 4.53. The fourth-order valence-corrected chi connectivity index (χ4v) is 4.50. The molecule has 0 aromatic carbocycles. The molecule has 6 heteroatoms. The van der Waals surface area contributed by atoms with Crippen LogP contribution in [0.25, 0.3) is 5.82 Å². The summed E-state index contributed by atoms with van der Waals surface area (Å²) < 4.78 is 1.97. The lowest BCUT2D eigenvalue weighted by Gasteiger charge is -2.51. The molecule has 2 aliphatic heterocycles. The van der Waals surface area contributed by atoms with Gasteiger partial charge in [0.15, 0.2) is 0 Å². The molecule has 2 aromatic rings. The van der Waals surface area contributed by atoms with E-state index in [1.54, 1.807) is 12.4 Å². The number of rotatable bonds is 3. The normalized spacial score (nSPS) is 25.8. The van der Waals surface area contributed by atoms with Crippen LogP contribution in [0.2, 0.25) is 0 Å². The number of nitrogens with zero attached hydrogens (tertiary/aromatic N) is 4. The van der Waals surface area contributed by atoms with E-state index < -0.39 is 0 Å². The van der Waals surface area contributed by atoms with E-state index in [-0.39, 0.29) is 17.5 Å². The molecule has 0 radical (unpaired) electrons. The Labute approximate surface area is 154 Å². The van der Waals surface area contributed by atoms with Crippen molar-refractivity contribution in [3.05, 3.63) is 42.1 Å². The zero-order chi connectivity index (χ0) is 18.1. The average Bonchev–Trinajstić information content (AvgIpc) is 3.15. The number of pyridine rings is 1. The van der Waals surface area contributed by atoms with Crippen LogP contribution in [0.5, 0.6) is 0 Å². The molecule has 1 N–H and O–H groups in total. The Bertz CT molecular complexity index is 780. The number of piperidine rings is 2. The van der Waals surface area contributed by atoms with Crippen LogP contribution in [-0.4, -0.2) is 50.0 Å². The lowest BCUT2D eigenvalue weighted by Crippen LogP contribution is -2.65. The molecule has 2 aromatic heterocycles. The number of likely N-dealkylation sites (tertiary alicyclic amines) is 1. The third-order valence-corrected chi connectivity index (χ3v) is 5.93. The Balaban J connectivity index is 1.56. The molecule has 2 atom stereocenters. The monoisotopic (exact) mass is 353 g/mol. The van der Waals surface area contributed by atoms with Gasteiger partial charge in [0.05, 0.1) is 5.56 Å². The van der Waals surface area contributed by atoms with Gasteiger partial charge in [-0.3, -0.25) is 9.36 Å². The maximum atomic E-state index is 13.2. The third kappa shape index (κ3) is 2.92. The van der Waals surface area contributed by atoms with E-state index in [9.17, 15) is 4.79 Å². The van der Waals surface area contributed by atoms with E-state index in [4.69, 9.17) is 0 Å². The van der Waals surface area contributed by atoms with Gasteiger partial charge in [0, 0.05) is 43.1 Å². The second-order valence-electron chi connectivity index (χ2n) is 7.58. The summed E-state index contributed by atoms with van der Waals surface area (Å²) >= 11 is 0. The van der Waals surface area contributed by atoms with Gasteiger partial charge >= 0.3 is 0 Å². The minimum absolute atomic E-state index is 0.0480.